The van der Waals surface area contributed by atoms with Crippen LogP contribution < -0.4 is 5.32 Å². The zero-order valence-corrected chi connectivity index (χ0v) is 11.6. The second-order valence-electron chi connectivity index (χ2n) is 5.97. The molecule has 1 rings (SSSR count). The molecule has 1 aliphatic rings. The van der Waals surface area contributed by atoms with Crippen LogP contribution in [0.5, 0.6) is 0 Å². The summed E-state index contributed by atoms with van der Waals surface area (Å²) >= 11 is 0. The summed E-state index contributed by atoms with van der Waals surface area (Å²) in [5.74, 6) is 2.36. The number of ether oxygens (including phenoxy) is 1. The van der Waals surface area contributed by atoms with Crippen LogP contribution in [0.3, 0.4) is 0 Å². The van der Waals surface area contributed by atoms with E-state index in [9.17, 15) is 0 Å². The van der Waals surface area contributed by atoms with Gasteiger partial charge in [0.05, 0.1) is 6.61 Å². The molecule has 0 aromatic rings. The van der Waals surface area contributed by atoms with Crippen LogP contribution in [0.25, 0.3) is 0 Å². The molecular weight excluding hydrogens is 198 g/mol. The van der Waals surface area contributed by atoms with Crippen molar-refractivity contribution in [2.45, 2.75) is 59.0 Å². The molecule has 2 heteroatoms. The molecule has 1 saturated carbocycles. The molecule has 0 heterocycles. The van der Waals surface area contributed by atoms with Crippen molar-refractivity contribution in [3.05, 3.63) is 0 Å². The number of nitrogens with one attached hydrogen (secondary N) is 1. The third-order valence-corrected chi connectivity index (χ3v) is 4.01. The monoisotopic (exact) mass is 227 g/mol. The van der Waals surface area contributed by atoms with E-state index in [1.165, 1.54) is 19.3 Å². The quantitative estimate of drug-likeness (QED) is 0.779. The van der Waals surface area contributed by atoms with E-state index in [4.69, 9.17) is 4.74 Å². The second-order valence-corrected chi connectivity index (χ2v) is 5.97. The molecule has 96 valence electrons. The smallest absolute Gasteiger partial charge is 0.0618 e. The average molecular weight is 227 g/mol. The Balaban J connectivity index is 2.44. The summed E-state index contributed by atoms with van der Waals surface area (Å²) in [7, 11) is 1.80. The van der Waals surface area contributed by atoms with Crippen molar-refractivity contribution in [2.24, 2.45) is 17.8 Å². The van der Waals surface area contributed by atoms with Crippen molar-refractivity contribution >= 4 is 0 Å². The summed E-state index contributed by atoms with van der Waals surface area (Å²) in [4.78, 5) is 0. The summed E-state index contributed by atoms with van der Waals surface area (Å²) in [6.07, 6.45) is 4.07. The van der Waals surface area contributed by atoms with Crippen molar-refractivity contribution in [1.29, 1.82) is 0 Å². The van der Waals surface area contributed by atoms with Crippen molar-refractivity contribution in [3.63, 3.8) is 0 Å². The maximum absolute atomic E-state index is 5.30. The van der Waals surface area contributed by atoms with Gasteiger partial charge in [-0.15, -0.1) is 0 Å². The highest BCUT2D eigenvalue weighted by molar-refractivity contribution is 4.84. The summed E-state index contributed by atoms with van der Waals surface area (Å²) in [6, 6.07) is 1.20. The molecule has 0 amide bonds. The van der Waals surface area contributed by atoms with Gasteiger partial charge in [0.25, 0.3) is 0 Å². The molecule has 0 aliphatic heterocycles. The molecule has 0 aromatic carbocycles. The third-order valence-electron chi connectivity index (χ3n) is 4.01. The van der Waals surface area contributed by atoms with Crippen LogP contribution in [-0.4, -0.2) is 25.8 Å². The van der Waals surface area contributed by atoms with E-state index < -0.39 is 0 Å². The highest BCUT2D eigenvalue weighted by atomic mass is 16.5. The topological polar surface area (TPSA) is 21.3 Å². The van der Waals surface area contributed by atoms with Crippen LogP contribution in [0.15, 0.2) is 0 Å². The lowest BCUT2D eigenvalue weighted by Crippen LogP contribution is -2.48. The van der Waals surface area contributed by atoms with Crippen molar-refractivity contribution in [1.82, 2.24) is 5.32 Å². The standard InChI is InChI=1S/C14H29NO/c1-10(2)14(9-16-5)15-13-7-6-11(3)8-12(13)4/h10-15H,6-9H2,1-5H3. The van der Waals surface area contributed by atoms with E-state index in [1.807, 2.05) is 0 Å². The zero-order chi connectivity index (χ0) is 12.1. The Labute approximate surface area is 101 Å². The summed E-state index contributed by atoms with van der Waals surface area (Å²) < 4.78 is 5.30. The van der Waals surface area contributed by atoms with Crippen LogP contribution in [0, 0.1) is 17.8 Å². The Bertz CT molecular complexity index is 193. The predicted molar refractivity (Wildman–Crippen MR) is 69.6 cm³/mol. The number of hydrogen-bond donors (Lipinski definition) is 1. The Kier molecular flexibility index (Phi) is 5.77. The van der Waals surface area contributed by atoms with Gasteiger partial charge < -0.3 is 10.1 Å². The highest BCUT2D eigenvalue weighted by Gasteiger charge is 2.27. The molecule has 1 fully saturated rings. The van der Waals surface area contributed by atoms with E-state index in [0.29, 0.717) is 18.0 Å². The molecular formula is C14H29NO. The predicted octanol–water partition coefficient (Wildman–Crippen LogP) is 3.07. The van der Waals surface area contributed by atoms with E-state index in [1.54, 1.807) is 7.11 Å². The van der Waals surface area contributed by atoms with E-state index in [0.717, 1.165) is 18.4 Å². The zero-order valence-electron chi connectivity index (χ0n) is 11.6. The van der Waals surface area contributed by atoms with Gasteiger partial charge >= 0.3 is 0 Å². The third kappa shape index (κ3) is 4.06. The molecule has 0 aromatic heterocycles. The number of hydrogen-bond acceptors (Lipinski definition) is 2. The van der Waals surface area contributed by atoms with Crippen molar-refractivity contribution in [2.75, 3.05) is 13.7 Å². The summed E-state index contributed by atoms with van der Waals surface area (Å²) in [5.41, 5.74) is 0. The molecule has 2 nitrogen and oxygen atoms in total. The Morgan fingerprint density at radius 1 is 1.25 bits per heavy atom. The maximum Gasteiger partial charge on any atom is 0.0618 e. The molecule has 16 heavy (non-hydrogen) atoms. The van der Waals surface area contributed by atoms with Crippen molar-refractivity contribution < 1.29 is 4.74 Å². The lowest BCUT2D eigenvalue weighted by Gasteiger charge is -2.37. The van der Waals surface area contributed by atoms with Crippen LogP contribution in [0.2, 0.25) is 0 Å². The highest BCUT2D eigenvalue weighted by Crippen LogP contribution is 2.29. The second kappa shape index (κ2) is 6.61. The van der Waals surface area contributed by atoms with Crippen molar-refractivity contribution in [3.8, 4) is 0 Å². The first kappa shape index (κ1) is 14.0. The SMILES string of the molecule is COCC(NC1CCC(C)CC1C)C(C)C. The van der Waals surface area contributed by atoms with Crippen LogP contribution in [-0.2, 0) is 4.74 Å². The maximum atomic E-state index is 5.30. The Morgan fingerprint density at radius 3 is 2.44 bits per heavy atom. The molecule has 0 saturated heterocycles. The van der Waals surface area contributed by atoms with E-state index >= 15 is 0 Å². The fourth-order valence-corrected chi connectivity index (χ4v) is 2.80. The molecule has 0 bridgehead atoms. The fourth-order valence-electron chi connectivity index (χ4n) is 2.80. The minimum Gasteiger partial charge on any atom is -0.383 e. The van der Waals surface area contributed by atoms with Gasteiger partial charge in [-0.3, -0.25) is 0 Å². The Morgan fingerprint density at radius 2 is 1.94 bits per heavy atom. The van der Waals surface area contributed by atoms with E-state index in [2.05, 4.69) is 33.0 Å². The van der Waals surface area contributed by atoms with Gasteiger partial charge in [0, 0.05) is 19.2 Å². The first-order valence-electron chi connectivity index (χ1n) is 6.79. The first-order chi connectivity index (χ1) is 7.54. The fraction of sp³-hybridized carbons (Fsp3) is 1.00. The lowest BCUT2D eigenvalue weighted by atomic mass is 9.79. The number of methoxy groups -OCH3 is 1. The molecule has 1 N–H and O–H groups in total. The summed E-state index contributed by atoms with van der Waals surface area (Å²) in [5, 5.41) is 3.80. The first-order valence-corrected chi connectivity index (χ1v) is 6.79. The summed E-state index contributed by atoms with van der Waals surface area (Å²) in [6.45, 7) is 10.1. The van der Waals surface area contributed by atoms with Gasteiger partial charge in [0.1, 0.15) is 0 Å². The van der Waals surface area contributed by atoms with Gasteiger partial charge in [-0.05, 0) is 37.0 Å². The molecule has 4 unspecified atom stereocenters. The molecule has 1 aliphatic carbocycles. The Hall–Kier alpha value is -0.0800. The minimum atomic E-state index is 0.505. The minimum absolute atomic E-state index is 0.505. The lowest BCUT2D eigenvalue weighted by molar-refractivity contribution is 0.120. The van der Waals surface area contributed by atoms with Gasteiger partial charge in [0.2, 0.25) is 0 Å². The number of rotatable bonds is 5. The van der Waals surface area contributed by atoms with E-state index in [-0.39, 0.29) is 0 Å². The molecule has 4 atom stereocenters. The van der Waals surface area contributed by atoms with Crippen LogP contribution in [0.4, 0.5) is 0 Å². The van der Waals surface area contributed by atoms with Crippen LogP contribution >= 0.6 is 0 Å². The largest absolute Gasteiger partial charge is 0.383 e. The van der Waals surface area contributed by atoms with Gasteiger partial charge in [-0.2, -0.15) is 0 Å². The van der Waals surface area contributed by atoms with Gasteiger partial charge in [-0.25, -0.2) is 0 Å². The van der Waals surface area contributed by atoms with Gasteiger partial charge in [-0.1, -0.05) is 27.7 Å². The van der Waals surface area contributed by atoms with Crippen LogP contribution in [0.1, 0.15) is 47.0 Å². The average Bonchev–Trinajstić information content (AvgIpc) is 2.20. The van der Waals surface area contributed by atoms with Gasteiger partial charge in [0.15, 0.2) is 0 Å². The molecule has 0 spiro atoms. The molecule has 0 radical (unpaired) electrons. The normalized spacial score (nSPS) is 33.0.